The highest BCUT2D eigenvalue weighted by molar-refractivity contribution is 7.99. The molecule has 3 aromatic carbocycles. The molecule has 284 valence electrons. The number of carbonyl (C=O) groups is 1. The molecule has 0 radical (unpaired) electrons. The van der Waals surface area contributed by atoms with Crippen LogP contribution in [0.4, 0.5) is 0 Å². The minimum absolute atomic E-state index is 0.00393. The fourth-order valence-electron chi connectivity index (χ4n) is 9.92. The Labute approximate surface area is 316 Å². The van der Waals surface area contributed by atoms with Crippen molar-refractivity contribution < 1.29 is 48.5 Å². The molecule has 2 unspecified atom stereocenters. The number of ether oxygens (including phenoxy) is 6. The van der Waals surface area contributed by atoms with Crippen LogP contribution in [0.5, 0.6) is 40.2 Å². The number of fused-ring (bicyclic) bond motifs is 9. The van der Waals surface area contributed by atoms with Gasteiger partial charge in [-0.2, -0.15) is 5.26 Å². The molecular formula is C39H42N4O10S. The summed E-state index contributed by atoms with van der Waals surface area (Å²) in [4.78, 5) is 15.1. The van der Waals surface area contributed by atoms with Gasteiger partial charge in [-0.3, -0.25) is 9.69 Å². The highest BCUT2D eigenvalue weighted by Gasteiger charge is 2.60. The first-order valence-electron chi connectivity index (χ1n) is 18.1. The van der Waals surface area contributed by atoms with Gasteiger partial charge in [-0.05, 0) is 61.1 Å². The molecule has 8 atom stereocenters. The number of thioether (sulfide) groups is 1. The molecule has 0 aromatic heterocycles. The lowest BCUT2D eigenvalue weighted by atomic mass is 9.72. The number of hydrogen-bond donors (Lipinski definition) is 5. The Balaban J connectivity index is 1.32. The van der Waals surface area contributed by atoms with Crippen molar-refractivity contribution in [1.82, 2.24) is 15.5 Å². The smallest absolute Gasteiger partial charge is 0.308 e. The van der Waals surface area contributed by atoms with E-state index in [1.165, 1.54) is 32.9 Å². The van der Waals surface area contributed by atoms with Crippen LogP contribution in [0.15, 0.2) is 18.2 Å². The third kappa shape index (κ3) is 4.87. The second-order valence-corrected chi connectivity index (χ2v) is 15.9. The molecular weight excluding hydrogens is 717 g/mol. The molecule has 7 aliphatic heterocycles. The Morgan fingerprint density at radius 2 is 1.87 bits per heavy atom. The van der Waals surface area contributed by atoms with Crippen molar-refractivity contribution in [3.8, 4) is 46.3 Å². The van der Waals surface area contributed by atoms with Crippen molar-refractivity contribution in [2.75, 3.05) is 39.9 Å². The molecule has 4 bridgehead atoms. The monoisotopic (exact) mass is 758 g/mol. The van der Waals surface area contributed by atoms with Gasteiger partial charge in [0.25, 0.3) is 0 Å². The number of aliphatic hydroxyl groups excluding tert-OH is 1. The summed E-state index contributed by atoms with van der Waals surface area (Å²) in [5.41, 5.74) is 4.81. The fraction of sp³-hybridized carbons (Fsp3) is 0.487. The quantitative estimate of drug-likeness (QED) is 0.193. The maximum atomic E-state index is 12.9. The molecule has 7 heterocycles. The van der Waals surface area contributed by atoms with Crippen LogP contribution in [0.25, 0.3) is 0 Å². The molecule has 2 fully saturated rings. The summed E-state index contributed by atoms with van der Waals surface area (Å²) in [5.74, 6) is 1.71. The molecule has 3 aromatic rings. The zero-order chi connectivity index (χ0) is 37.8. The van der Waals surface area contributed by atoms with Crippen LogP contribution in [-0.2, 0) is 27.9 Å². The number of piperazine rings is 1. The number of nitrogens with one attached hydrogen (secondary N) is 2. The molecule has 0 amide bonds. The molecule has 14 nitrogen and oxygen atoms in total. The number of phenolic OH excluding ortho intramolecular Hbond substituents is 2. The van der Waals surface area contributed by atoms with Gasteiger partial charge in [-0.1, -0.05) is 6.07 Å². The number of methoxy groups -OCH3 is 2. The van der Waals surface area contributed by atoms with E-state index in [-0.39, 0.29) is 42.4 Å². The Hall–Kier alpha value is -4.43. The number of rotatable bonds is 3. The average Bonchev–Trinajstić information content (AvgIpc) is 3.64. The molecule has 1 spiro atoms. The number of nitrogens with zero attached hydrogens (tertiary/aromatic N) is 2. The number of nitriles is 1. The number of esters is 1. The molecule has 15 heteroatoms. The first kappa shape index (κ1) is 35.3. The van der Waals surface area contributed by atoms with Crippen molar-refractivity contribution in [1.29, 1.82) is 5.26 Å². The van der Waals surface area contributed by atoms with Gasteiger partial charge in [-0.15, -0.1) is 11.8 Å². The first-order valence-corrected chi connectivity index (χ1v) is 19.1. The minimum atomic E-state index is -1.37. The maximum Gasteiger partial charge on any atom is 0.308 e. The van der Waals surface area contributed by atoms with Crippen molar-refractivity contribution >= 4 is 17.7 Å². The van der Waals surface area contributed by atoms with E-state index in [2.05, 4.69) is 21.6 Å². The summed E-state index contributed by atoms with van der Waals surface area (Å²) in [7, 11) is 3.02. The van der Waals surface area contributed by atoms with Gasteiger partial charge in [0.2, 0.25) is 6.79 Å². The van der Waals surface area contributed by atoms with Crippen LogP contribution in [0.3, 0.4) is 0 Å². The van der Waals surface area contributed by atoms with Gasteiger partial charge in [0.1, 0.15) is 17.3 Å². The van der Waals surface area contributed by atoms with Gasteiger partial charge >= 0.3 is 5.97 Å². The van der Waals surface area contributed by atoms with Crippen LogP contribution >= 0.6 is 11.8 Å². The molecule has 0 aliphatic carbocycles. The van der Waals surface area contributed by atoms with E-state index in [1.54, 1.807) is 12.1 Å². The molecule has 0 saturated carbocycles. The normalized spacial score (nSPS) is 30.4. The average molecular weight is 759 g/mol. The van der Waals surface area contributed by atoms with Gasteiger partial charge in [0.05, 0.1) is 44.2 Å². The van der Waals surface area contributed by atoms with Crippen LogP contribution in [0.1, 0.15) is 68.8 Å². The van der Waals surface area contributed by atoms with Crippen molar-refractivity contribution in [3.63, 3.8) is 0 Å². The second kappa shape index (κ2) is 12.8. The lowest BCUT2D eigenvalue weighted by molar-refractivity contribution is -0.170. The summed E-state index contributed by atoms with van der Waals surface area (Å²) in [5, 5.41) is 52.7. The Morgan fingerprint density at radius 1 is 1.07 bits per heavy atom. The number of carbonyl (C=O) groups excluding carboxylic acids is 1. The van der Waals surface area contributed by atoms with Gasteiger partial charge < -0.3 is 54.4 Å². The van der Waals surface area contributed by atoms with E-state index in [1.807, 2.05) is 19.9 Å². The molecule has 5 N–H and O–H groups in total. The Morgan fingerprint density at radius 3 is 2.61 bits per heavy atom. The van der Waals surface area contributed by atoms with Crippen molar-refractivity contribution in [2.24, 2.45) is 0 Å². The van der Waals surface area contributed by atoms with E-state index in [0.717, 1.165) is 22.3 Å². The highest BCUT2D eigenvalue weighted by Crippen LogP contribution is 2.63. The number of aromatic hydroxyl groups is 2. The number of aryl methyl sites for hydroxylation is 1. The zero-order valence-corrected chi connectivity index (χ0v) is 31.3. The number of aliphatic hydroxyl groups is 1. The van der Waals surface area contributed by atoms with E-state index in [0.29, 0.717) is 64.6 Å². The second-order valence-electron chi connectivity index (χ2n) is 14.8. The molecule has 54 heavy (non-hydrogen) atoms. The summed E-state index contributed by atoms with van der Waals surface area (Å²) >= 11 is 1.53. The molecule has 2 saturated heterocycles. The van der Waals surface area contributed by atoms with Gasteiger partial charge in [0, 0.05) is 53.6 Å². The first-order chi connectivity index (χ1) is 26.0. The van der Waals surface area contributed by atoms with Crippen LogP contribution in [-0.4, -0.2) is 90.5 Å². The van der Waals surface area contributed by atoms with Crippen LogP contribution < -0.4 is 34.3 Å². The van der Waals surface area contributed by atoms with Crippen LogP contribution in [0.2, 0.25) is 0 Å². The topological polar surface area (TPSA) is 184 Å². The lowest BCUT2D eigenvalue weighted by Crippen LogP contribution is -2.69. The van der Waals surface area contributed by atoms with Crippen molar-refractivity contribution in [2.45, 2.75) is 80.9 Å². The largest absolute Gasteiger partial charge is 0.504 e. The maximum absolute atomic E-state index is 12.9. The lowest BCUT2D eigenvalue weighted by Gasteiger charge is -2.59. The third-order valence-corrected chi connectivity index (χ3v) is 13.6. The van der Waals surface area contributed by atoms with E-state index in [4.69, 9.17) is 28.4 Å². The predicted octanol–water partition coefficient (Wildman–Crippen LogP) is 3.44. The SMILES string of the molecule is COc1cc2c(cc1O)CCN[C@@]21CS[C@@H]2c3c(OC(C)=O)c(C)c4c(c3[C@H](COC1O)N1C2[C@@H]2N[C@@H](Cc3cc(C)c(OC)c(O)c32)[C@@H]1C#N)OCO4. The summed E-state index contributed by atoms with van der Waals surface area (Å²) < 4.78 is 36.2. The number of benzene rings is 3. The van der Waals surface area contributed by atoms with Gasteiger partial charge in [-0.25, -0.2) is 0 Å². The fourth-order valence-corrected chi connectivity index (χ4v) is 11.7. The van der Waals surface area contributed by atoms with Crippen LogP contribution in [0, 0.1) is 25.2 Å². The predicted molar refractivity (Wildman–Crippen MR) is 194 cm³/mol. The minimum Gasteiger partial charge on any atom is -0.504 e. The van der Waals surface area contributed by atoms with E-state index >= 15 is 0 Å². The van der Waals surface area contributed by atoms with E-state index in [9.17, 15) is 25.4 Å². The molecule has 7 aliphatic rings. The Bertz CT molecular complexity index is 2140. The summed E-state index contributed by atoms with van der Waals surface area (Å²) in [6.07, 6.45) is -0.288. The molecule has 10 rings (SSSR count). The van der Waals surface area contributed by atoms with Crippen molar-refractivity contribution in [3.05, 3.63) is 62.7 Å². The Kier molecular flexibility index (Phi) is 8.38. The van der Waals surface area contributed by atoms with Gasteiger partial charge in [0.15, 0.2) is 40.8 Å². The standard InChI is InChI=1S/C39H42N4O10S/c1-16-8-20-9-22-23(12-40)43-24-13-50-38(47)39(21-11-26(48-4)25(45)10-19(21)6-7-41-39)14-54-37(31(43)30(42-22)27(20)32(46)33(16)49-5)29-28(24)36-35(51-15-52-36)17(2)34(29)53-18(3)44/h8,10-11,22-24,30-31,37-38,41-42,45-47H,6-7,9,13-15H2,1-5H3/t22-,23-,24-,30+,31?,37+,38?,39-/m0/s1. The summed E-state index contributed by atoms with van der Waals surface area (Å²) in [6.45, 7) is 5.46. The number of phenols is 2. The third-order valence-electron chi connectivity index (χ3n) is 12.1. The highest BCUT2D eigenvalue weighted by atomic mass is 32.2. The number of hydrogen-bond acceptors (Lipinski definition) is 15. The van der Waals surface area contributed by atoms with E-state index < -0.39 is 47.2 Å². The zero-order valence-electron chi connectivity index (χ0n) is 30.5. The summed E-state index contributed by atoms with van der Waals surface area (Å²) in [6, 6.07) is 5.36.